The van der Waals surface area contributed by atoms with Crippen LogP contribution in [0.5, 0.6) is 11.5 Å². The van der Waals surface area contributed by atoms with Crippen molar-refractivity contribution >= 4 is 5.96 Å². The zero-order chi connectivity index (χ0) is 18.0. The van der Waals surface area contributed by atoms with Crippen molar-refractivity contribution in [3.8, 4) is 11.5 Å². The highest BCUT2D eigenvalue weighted by Crippen LogP contribution is 2.30. The minimum absolute atomic E-state index is 0.0749. The number of guanidine groups is 1. The molecule has 1 aromatic heterocycles. The van der Waals surface area contributed by atoms with E-state index in [9.17, 15) is 0 Å². The van der Waals surface area contributed by atoms with Gasteiger partial charge < -0.3 is 24.7 Å². The van der Waals surface area contributed by atoms with Crippen LogP contribution in [0.15, 0.2) is 41.9 Å². The minimum atomic E-state index is -0.0749. The van der Waals surface area contributed by atoms with E-state index in [1.165, 1.54) is 0 Å². The van der Waals surface area contributed by atoms with Crippen LogP contribution in [0, 0.1) is 0 Å². The number of nitrogens with one attached hydrogen (secondary N) is 2. The molecule has 26 heavy (non-hydrogen) atoms. The van der Waals surface area contributed by atoms with Crippen molar-refractivity contribution in [1.82, 2.24) is 25.4 Å². The number of fused-ring (bicyclic) bond motifs is 1. The lowest BCUT2D eigenvalue weighted by Crippen LogP contribution is -2.39. The number of unbranched alkanes of at least 4 members (excludes halogenated alkanes) is 1. The molecular weight excluding hydrogens is 332 g/mol. The molecule has 1 aliphatic heterocycles. The predicted molar refractivity (Wildman–Crippen MR) is 99.6 cm³/mol. The summed E-state index contributed by atoms with van der Waals surface area (Å²) in [6.45, 7) is 5.72. The van der Waals surface area contributed by atoms with Gasteiger partial charge in [0.2, 0.25) is 0 Å². The lowest BCUT2D eigenvalue weighted by Gasteiger charge is -2.25. The number of para-hydroxylation sites is 2. The maximum absolute atomic E-state index is 5.94. The van der Waals surface area contributed by atoms with Crippen molar-refractivity contribution in [1.29, 1.82) is 0 Å². The number of benzene rings is 1. The number of aryl methyl sites for hydroxylation is 1. The molecule has 0 saturated heterocycles. The highest BCUT2D eigenvalue weighted by molar-refractivity contribution is 5.79. The summed E-state index contributed by atoms with van der Waals surface area (Å²) in [7, 11) is 0. The zero-order valence-corrected chi connectivity index (χ0v) is 15.1. The van der Waals surface area contributed by atoms with Crippen LogP contribution in [-0.2, 0) is 6.54 Å². The van der Waals surface area contributed by atoms with Gasteiger partial charge in [0.05, 0.1) is 6.54 Å². The fourth-order valence-electron chi connectivity index (χ4n) is 2.65. The topological polar surface area (TPSA) is 85.6 Å². The second kappa shape index (κ2) is 9.65. The van der Waals surface area contributed by atoms with Crippen molar-refractivity contribution in [2.45, 2.75) is 32.4 Å². The first kappa shape index (κ1) is 18.0. The van der Waals surface area contributed by atoms with Gasteiger partial charge in [0, 0.05) is 19.6 Å². The molecule has 1 atom stereocenters. The molecule has 1 unspecified atom stereocenters. The lowest BCUT2D eigenvalue weighted by atomic mass is 10.2. The number of hydrogen-bond donors (Lipinski definition) is 2. The predicted octanol–water partition coefficient (Wildman–Crippen LogP) is 1.45. The van der Waals surface area contributed by atoms with Crippen LogP contribution in [0.3, 0.4) is 0 Å². The lowest BCUT2D eigenvalue weighted by molar-refractivity contribution is 0.0971. The maximum Gasteiger partial charge on any atom is 0.191 e. The van der Waals surface area contributed by atoms with E-state index < -0.39 is 0 Å². The largest absolute Gasteiger partial charge is 0.486 e. The van der Waals surface area contributed by atoms with E-state index in [0.717, 1.165) is 49.9 Å². The van der Waals surface area contributed by atoms with Crippen LogP contribution in [0.2, 0.25) is 0 Å². The molecule has 0 aliphatic carbocycles. The molecule has 0 amide bonds. The van der Waals surface area contributed by atoms with Gasteiger partial charge in [-0.15, -0.1) is 10.2 Å². The van der Waals surface area contributed by atoms with Gasteiger partial charge in [-0.05, 0) is 31.9 Å². The van der Waals surface area contributed by atoms with Crippen molar-refractivity contribution < 1.29 is 9.47 Å². The van der Waals surface area contributed by atoms with Crippen LogP contribution in [-0.4, -0.2) is 53.1 Å². The molecule has 0 saturated carbocycles. The molecule has 140 valence electrons. The van der Waals surface area contributed by atoms with Gasteiger partial charge in [-0.2, -0.15) is 0 Å². The molecule has 0 radical (unpaired) electrons. The average Bonchev–Trinajstić information content (AvgIpc) is 3.19. The van der Waals surface area contributed by atoms with Gasteiger partial charge in [-0.25, -0.2) is 4.99 Å². The molecule has 2 aromatic rings. The molecule has 1 aromatic carbocycles. The number of ether oxygens (including phenoxy) is 2. The molecule has 8 nitrogen and oxygen atoms in total. The Bertz CT molecular complexity index is 689. The minimum Gasteiger partial charge on any atom is -0.486 e. The molecule has 0 fully saturated rings. The molecule has 1 aliphatic rings. The van der Waals surface area contributed by atoms with Crippen LogP contribution in [0.1, 0.15) is 19.8 Å². The van der Waals surface area contributed by atoms with Gasteiger partial charge in [0.1, 0.15) is 19.3 Å². The quantitative estimate of drug-likeness (QED) is 0.422. The van der Waals surface area contributed by atoms with Gasteiger partial charge in [0.25, 0.3) is 0 Å². The molecule has 0 bridgehead atoms. The first-order chi connectivity index (χ1) is 12.8. The Kier molecular flexibility index (Phi) is 6.69. The van der Waals surface area contributed by atoms with Gasteiger partial charge in [0.15, 0.2) is 23.6 Å². The summed E-state index contributed by atoms with van der Waals surface area (Å²) >= 11 is 0. The van der Waals surface area contributed by atoms with Crippen molar-refractivity contribution in [3.05, 3.63) is 36.9 Å². The average molecular weight is 358 g/mol. The van der Waals surface area contributed by atoms with Gasteiger partial charge in [-0.3, -0.25) is 0 Å². The number of aromatic nitrogens is 3. The third-order valence-electron chi connectivity index (χ3n) is 3.97. The Hall–Kier alpha value is -2.77. The fourth-order valence-corrected chi connectivity index (χ4v) is 2.65. The molecule has 3 rings (SSSR count). The van der Waals surface area contributed by atoms with E-state index >= 15 is 0 Å². The van der Waals surface area contributed by atoms with Crippen molar-refractivity contribution in [2.75, 3.05) is 26.2 Å². The first-order valence-corrected chi connectivity index (χ1v) is 9.08. The summed E-state index contributed by atoms with van der Waals surface area (Å²) in [6, 6.07) is 7.72. The standard InChI is InChI=1S/C18H26N6O2/c1-2-19-18(20-9-5-6-10-24-13-22-23-14-24)21-11-15-12-25-16-7-3-4-8-17(16)26-15/h3-4,7-8,13-15H,2,5-6,9-12H2,1H3,(H2,19,20,21). The monoisotopic (exact) mass is 358 g/mol. The number of nitrogens with zero attached hydrogens (tertiary/aromatic N) is 4. The van der Waals surface area contributed by atoms with Crippen LogP contribution in [0.25, 0.3) is 0 Å². The summed E-state index contributed by atoms with van der Waals surface area (Å²) in [5.74, 6) is 2.39. The van der Waals surface area contributed by atoms with E-state index in [0.29, 0.717) is 13.2 Å². The third kappa shape index (κ3) is 5.37. The summed E-state index contributed by atoms with van der Waals surface area (Å²) in [5.41, 5.74) is 0. The Balaban J connectivity index is 1.40. The van der Waals surface area contributed by atoms with Crippen molar-refractivity contribution in [3.63, 3.8) is 0 Å². The second-order valence-corrected chi connectivity index (χ2v) is 6.05. The molecule has 2 N–H and O–H groups in total. The Morgan fingerprint density at radius 1 is 1.19 bits per heavy atom. The van der Waals surface area contributed by atoms with E-state index in [1.807, 2.05) is 28.8 Å². The van der Waals surface area contributed by atoms with Crippen LogP contribution in [0.4, 0.5) is 0 Å². The van der Waals surface area contributed by atoms with Crippen LogP contribution < -0.4 is 20.1 Å². The van der Waals surface area contributed by atoms with E-state index in [-0.39, 0.29) is 6.10 Å². The summed E-state index contributed by atoms with van der Waals surface area (Å²) in [5, 5.41) is 14.2. The molecule has 8 heteroatoms. The molecular formula is C18H26N6O2. The Morgan fingerprint density at radius 2 is 2.00 bits per heavy atom. The molecule has 0 spiro atoms. The summed E-state index contributed by atoms with van der Waals surface area (Å²) in [4.78, 5) is 4.62. The summed E-state index contributed by atoms with van der Waals surface area (Å²) < 4.78 is 13.7. The van der Waals surface area contributed by atoms with Gasteiger partial charge in [-0.1, -0.05) is 12.1 Å². The maximum atomic E-state index is 5.94. The molecule has 2 heterocycles. The fraction of sp³-hybridized carbons (Fsp3) is 0.500. The SMILES string of the molecule is CCNC(=NCC1COc2ccccc2O1)NCCCCn1cnnc1. The number of aliphatic imine (C=N–C) groups is 1. The third-order valence-corrected chi connectivity index (χ3v) is 3.97. The Morgan fingerprint density at radius 3 is 2.81 bits per heavy atom. The highest BCUT2D eigenvalue weighted by atomic mass is 16.6. The highest BCUT2D eigenvalue weighted by Gasteiger charge is 2.20. The first-order valence-electron chi connectivity index (χ1n) is 9.08. The van der Waals surface area contributed by atoms with E-state index in [4.69, 9.17) is 9.47 Å². The smallest absolute Gasteiger partial charge is 0.191 e. The van der Waals surface area contributed by atoms with Crippen molar-refractivity contribution in [2.24, 2.45) is 4.99 Å². The zero-order valence-electron chi connectivity index (χ0n) is 15.1. The van der Waals surface area contributed by atoms with E-state index in [1.54, 1.807) is 12.7 Å². The van der Waals surface area contributed by atoms with E-state index in [2.05, 4.69) is 32.7 Å². The van der Waals surface area contributed by atoms with Crippen LogP contribution >= 0.6 is 0 Å². The normalized spacial score (nSPS) is 16.3. The summed E-state index contributed by atoms with van der Waals surface area (Å²) in [6.07, 6.45) is 5.50. The Labute approximate surface area is 153 Å². The van der Waals surface area contributed by atoms with Gasteiger partial charge >= 0.3 is 0 Å². The number of rotatable bonds is 8. The number of hydrogen-bond acceptors (Lipinski definition) is 5. The second-order valence-electron chi connectivity index (χ2n) is 6.05.